The minimum Gasteiger partial charge on any atom is -0.477 e. The molecule has 0 bridgehead atoms. The van der Waals surface area contributed by atoms with E-state index in [9.17, 15) is 19.3 Å². The number of halogens is 1. The number of benzene rings is 2. The monoisotopic (exact) mass is 346 g/mol. The molecule has 1 N–H and O–H groups in total. The summed E-state index contributed by atoms with van der Waals surface area (Å²) in [5.41, 5.74) is 1.68. The van der Waals surface area contributed by atoms with Gasteiger partial charge in [0.2, 0.25) is 5.75 Å². The van der Waals surface area contributed by atoms with Crippen LogP contribution in [-0.4, -0.2) is 17.4 Å². The van der Waals surface area contributed by atoms with Gasteiger partial charge in [-0.2, -0.15) is 0 Å². The zero-order chi connectivity index (χ0) is 18.4. The normalized spacial score (nSPS) is 11.6. The number of nitrogens with one attached hydrogen (secondary N) is 1. The topological polar surface area (TPSA) is 81.5 Å². The zero-order valence-electron chi connectivity index (χ0n) is 14.0. The van der Waals surface area contributed by atoms with Crippen molar-refractivity contribution in [3.8, 4) is 5.75 Å². The second kappa shape index (κ2) is 8.23. The van der Waals surface area contributed by atoms with Gasteiger partial charge >= 0.3 is 5.69 Å². The minimum absolute atomic E-state index is 0.195. The summed E-state index contributed by atoms with van der Waals surface area (Å²) in [7, 11) is 0. The summed E-state index contributed by atoms with van der Waals surface area (Å²) in [5.74, 6) is -1.39. The van der Waals surface area contributed by atoms with Crippen molar-refractivity contribution in [2.24, 2.45) is 0 Å². The highest BCUT2D eigenvalue weighted by Crippen LogP contribution is 2.27. The van der Waals surface area contributed by atoms with Crippen molar-refractivity contribution in [2.45, 2.75) is 26.3 Å². The number of carbonyl (C=O) groups is 1. The van der Waals surface area contributed by atoms with E-state index in [1.807, 2.05) is 38.1 Å². The Morgan fingerprint density at radius 1 is 1.28 bits per heavy atom. The average molecular weight is 346 g/mol. The van der Waals surface area contributed by atoms with Gasteiger partial charge in [-0.25, -0.2) is 4.39 Å². The summed E-state index contributed by atoms with van der Waals surface area (Å²) in [6, 6.07) is 10.4. The lowest BCUT2D eigenvalue weighted by Crippen LogP contribution is -2.32. The Bertz CT molecular complexity index is 762. The van der Waals surface area contributed by atoms with Gasteiger partial charge in [0.15, 0.2) is 6.61 Å². The fourth-order valence-corrected chi connectivity index (χ4v) is 2.35. The summed E-state index contributed by atoms with van der Waals surface area (Å²) >= 11 is 0. The van der Waals surface area contributed by atoms with Crippen LogP contribution >= 0.6 is 0 Å². The first-order valence-electron chi connectivity index (χ1n) is 7.83. The van der Waals surface area contributed by atoms with Crippen LogP contribution in [0.1, 0.15) is 30.5 Å². The lowest BCUT2D eigenvalue weighted by atomic mass is 10.0. The molecule has 0 radical (unpaired) electrons. The van der Waals surface area contributed by atoms with Crippen LogP contribution in [0.3, 0.4) is 0 Å². The van der Waals surface area contributed by atoms with E-state index in [1.165, 1.54) is 0 Å². The van der Waals surface area contributed by atoms with Gasteiger partial charge in [0, 0.05) is 12.1 Å². The van der Waals surface area contributed by atoms with E-state index in [1.54, 1.807) is 0 Å². The van der Waals surface area contributed by atoms with Crippen LogP contribution in [0.5, 0.6) is 5.75 Å². The van der Waals surface area contributed by atoms with Crippen LogP contribution in [-0.2, 0) is 4.79 Å². The number of nitro groups is 1. The number of nitrogens with zero attached hydrogens (tertiary/aromatic N) is 1. The Labute approximate surface area is 144 Å². The molecule has 1 amide bonds. The summed E-state index contributed by atoms with van der Waals surface area (Å²) in [5, 5.41) is 13.7. The molecular formula is C18H19FN2O4. The number of rotatable bonds is 7. The van der Waals surface area contributed by atoms with E-state index in [0.29, 0.717) is 6.42 Å². The molecule has 1 atom stereocenters. The Hall–Kier alpha value is -2.96. The summed E-state index contributed by atoms with van der Waals surface area (Å²) in [6.45, 7) is 3.47. The van der Waals surface area contributed by atoms with Gasteiger partial charge in [-0.05, 0) is 25.0 Å². The lowest BCUT2D eigenvalue weighted by molar-refractivity contribution is -0.385. The summed E-state index contributed by atoms with van der Waals surface area (Å²) in [6.07, 6.45) is 0.676. The highest BCUT2D eigenvalue weighted by Gasteiger charge is 2.18. The third-order valence-electron chi connectivity index (χ3n) is 3.70. The molecule has 0 saturated heterocycles. The second-order valence-electron chi connectivity index (χ2n) is 5.60. The molecule has 0 saturated carbocycles. The Kier molecular flexibility index (Phi) is 6.05. The Balaban J connectivity index is 2.01. The molecular weight excluding hydrogens is 327 g/mol. The SMILES string of the molecule is CC[C@H](NC(=O)COc1cc(F)ccc1[N+](=O)[O-])c1ccc(C)cc1. The van der Waals surface area contributed by atoms with Crippen molar-refractivity contribution < 1.29 is 18.8 Å². The van der Waals surface area contributed by atoms with Gasteiger partial charge < -0.3 is 10.1 Å². The number of nitro benzene ring substituents is 1. The molecule has 0 aromatic heterocycles. The number of hydrogen-bond donors (Lipinski definition) is 1. The molecule has 0 aliphatic rings. The van der Waals surface area contributed by atoms with Crippen LogP contribution in [0.15, 0.2) is 42.5 Å². The minimum atomic E-state index is -0.687. The van der Waals surface area contributed by atoms with E-state index >= 15 is 0 Å². The fourth-order valence-electron chi connectivity index (χ4n) is 2.35. The average Bonchev–Trinajstić information content (AvgIpc) is 2.58. The van der Waals surface area contributed by atoms with E-state index < -0.39 is 23.3 Å². The zero-order valence-corrected chi connectivity index (χ0v) is 14.0. The van der Waals surface area contributed by atoms with E-state index in [2.05, 4.69) is 5.32 Å². The maximum atomic E-state index is 13.3. The number of aryl methyl sites for hydroxylation is 1. The molecule has 2 aromatic rings. The largest absolute Gasteiger partial charge is 0.477 e. The van der Waals surface area contributed by atoms with E-state index in [0.717, 1.165) is 29.3 Å². The first-order chi connectivity index (χ1) is 11.9. The standard InChI is InChI=1S/C18H19FN2O4/c1-3-15(13-6-4-12(2)5-7-13)20-18(22)11-25-17-10-14(19)8-9-16(17)21(23)24/h4-10,15H,3,11H2,1-2H3,(H,20,22)/t15-/m0/s1. The van der Waals surface area contributed by atoms with Gasteiger partial charge in [-0.3, -0.25) is 14.9 Å². The van der Waals surface area contributed by atoms with Gasteiger partial charge in [-0.1, -0.05) is 36.8 Å². The van der Waals surface area contributed by atoms with Crippen LogP contribution in [0.2, 0.25) is 0 Å². The van der Waals surface area contributed by atoms with Gasteiger partial charge in [0.1, 0.15) is 5.82 Å². The van der Waals surface area contributed by atoms with Crippen LogP contribution in [0, 0.1) is 22.9 Å². The van der Waals surface area contributed by atoms with Crippen LogP contribution in [0.4, 0.5) is 10.1 Å². The van der Waals surface area contributed by atoms with Crippen molar-refractivity contribution in [1.82, 2.24) is 5.32 Å². The number of ether oxygens (including phenoxy) is 1. The third-order valence-corrected chi connectivity index (χ3v) is 3.70. The molecule has 0 heterocycles. The van der Waals surface area contributed by atoms with Gasteiger partial charge in [0.05, 0.1) is 11.0 Å². The van der Waals surface area contributed by atoms with E-state index in [-0.39, 0.29) is 17.5 Å². The predicted molar refractivity (Wildman–Crippen MR) is 90.9 cm³/mol. The third kappa shape index (κ3) is 5.00. The van der Waals surface area contributed by atoms with Crippen molar-refractivity contribution in [1.29, 1.82) is 0 Å². The smallest absolute Gasteiger partial charge is 0.311 e. The first-order valence-corrected chi connectivity index (χ1v) is 7.83. The molecule has 2 rings (SSSR count). The van der Waals surface area contributed by atoms with Crippen molar-refractivity contribution in [3.63, 3.8) is 0 Å². The molecule has 0 fully saturated rings. The molecule has 7 heteroatoms. The number of hydrogen-bond acceptors (Lipinski definition) is 4. The molecule has 25 heavy (non-hydrogen) atoms. The van der Waals surface area contributed by atoms with Crippen LogP contribution in [0.25, 0.3) is 0 Å². The number of carbonyl (C=O) groups excluding carboxylic acids is 1. The van der Waals surface area contributed by atoms with Gasteiger partial charge in [0.25, 0.3) is 5.91 Å². The quantitative estimate of drug-likeness (QED) is 0.612. The second-order valence-corrected chi connectivity index (χ2v) is 5.60. The molecule has 0 aliphatic heterocycles. The maximum absolute atomic E-state index is 13.3. The molecule has 0 aliphatic carbocycles. The number of amides is 1. The molecule has 6 nitrogen and oxygen atoms in total. The van der Waals surface area contributed by atoms with Gasteiger partial charge in [-0.15, -0.1) is 0 Å². The Morgan fingerprint density at radius 3 is 2.56 bits per heavy atom. The fraction of sp³-hybridized carbons (Fsp3) is 0.278. The maximum Gasteiger partial charge on any atom is 0.311 e. The highest BCUT2D eigenvalue weighted by atomic mass is 19.1. The highest BCUT2D eigenvalue weighted by molar-refractivity contribution is 5.78. The summed E-state index contributed by atoms with van der Waals surface area (Å²) in [4.78, 5) is 22.3. The first kappa shape index (κ1) is 18.4. The molecule has 2 aromatic carbocycles. The molecule has 132 valence electrons. The van der Waals surface area contributed by atoms with Crippen LogP contribution < -0.4 is 10.1 Å². The molecule has 0 unspecified atom stereocenters. The summed E-state index contributed by atoms with van der Waals surface area (Å²) < 4.78 is 18.4. The molecule has 0 spiro atoms. The predicted octanol–water partition coefficient (Wildman–Crippen LogP) is 3.69. The van der Waals surface area contributed by atoms with E-state index in [4.69, 9.17) is 4.74 Å². The van der Waals surface area contributed by atoms with Crippen molar-refractivity contribution >= 4 is 11.6 Å². The Morgan fingerprint density at radius 2 is 1.96 bits per heavy atom. The van der Waals surface area contributed by atoms with Crippen molar-refractivity contribution in [2.75, 3.05) is 6.61 Å². The van der Waals surface area contributed by atoms with Crippen molar-refractivity contribution in [3.05, 3.63) is 69.5 Å². The lowest BCUT2D eigenvalue weighted by Gasteiger charge is -2.18.